The van der Waals surface area contributed by atoms with Crippen molar-refractivity contribution in [3.05, 3.63) is 110 Å². The molecule has 4 aromatic rings. The second-order valence-corrected chi connectivity index (χ2v) is 8.05. The number of halogens is 2. The summed E-state index contributed by atoms with van der Waals surface area (Å²) in [7, 11) is 1.23. The van der Waals surface area contributed by atoms with Gasteiger partial charge in [0.05, 0.1) is 18.2 Å². The van der Waals surface area contributed by atoms with E-state index in [1.165, 1.54) is 13.2 Å². The van der Waals surface area contributed by atoms with Crippen LogP contribution in [0.1, 0.15) is 26.4 Å². The molecule has 1 aromatic heterocycles. The molecule has 0 aliphatic carbocycles. The zero-order valence-electron chi connectivity index (χ0n) is 17.5. The number of amides is 1. The van der Waals surface area contributed by atoms with Crippen LogP contribution in [0.2, 0.25) is 10.0 Å². The number of rotatable bonds is 5. The normalized spacial score (nSPS) is 10.8. The van der Waals surface area contributed by atoms with E-state index in [1.807, 2.05) is 18.2 Å². The van der Waals surface area contributed by atoms with Crippen molar-refractivity contribution in [3.63, 3.8) is 0 Å². The van der Waals surface area contributed by atoms with Gasteiger partial charge in [0.2, 0.25) is 0 Å². The first-order chi connectivity index (χ1) is 15.9. The minimum Gasteiger partial charge on any atom is -0.464 e. The number of carbonyl (C=O) groups excluding carboxylic acids is 2. The van der Waals surface area contributed by atoms with Gasteiger partial charge in [0, 0.05) is 33.2 Å². The van der Waals surface area contributed by atoms with Crippen molar-refractivity contribution in [1.82, 2.24) is 9.88 Å². The van der Waals surface area contributed by atoms with Crippen molar-refractivity contribution in [2.24, 2.45) is 0 Å². The molecule has 0 unspecified atom stereocenters. The molecule has 166 valence electrons. The topological polar surface area (TPSA) is 77.4 Å². The molecule has 0 saturated carbocycles. The van der Waals surface area contributed by atoms with Crippen molar-refractivity contribution in [1.29, 1.82) is 0 Å². The van der Waals surface area contributed by atoms with Crippen molar-refractivity contribution in [2.75, 3.05) is 7.11 Å². The lowest BCUT2D eigenvalue weighted by Crippen LogP contribution is -2.31. The van der Waals surface area contributed by atoms with E-state index in [9.17, 15) is 14.4 Å². The fraction of sp³-hybridized carbons (Fsp3) is 0.0800. The predicted molar refractivity (Wildman–Crippen MR) is 129 cm³/mol. The Labute approximate surface area is 199 Å². The van der Waals surface area contributed by atoms with E-state index in [0.717, 1.165) is 0 Å². The van der Waals surface area contributed by atoms with Crippen LogP contribution in [0.4, 0.5) is 0 Å². The van der Waals surface area contributed by atoms with Gasteiger partial charge in [0.1, 0.15) is 5.69 Å². The van der Waals surface area contributed by atoms with Gasteiger partial charge in [-0.15, -0.1) is 0 Å². The van der Waals surface area contributed by atoms with Crippen LogP contribution in [-0.2, 0) is 11.3 Å². The number of aromatic nitrogens is 1. The fourth-order valence-corrected chi connectivity index (χ4v) is 3.98. The minimum atomic E-state index is -0.718. The van der Waals surface area contributed by atoms with E-state index in [0.29, 0.717) is 32.2 Å². The Kier molecular flexibility index (Phi) is 6.49. The van der Waals surface area contributed by atoms with E-state index in [-0.39, 0.29) is 17.8 Å². The lowest BCUT2D eigenvalue weighted by molar-refractivity contribution is 0.0589. The number of esters is 1. The first-order valence-corrected chi connectivity index (χ1v) is 10.7. The number of pyridine rings is 1. The van der Waals surface area contributed by atoms with Crippen LogP contribution in [0.5, 0.6) is 0 Å². The van der Waals surface area contributed by atoms with Gasteiger partial charge in [-0.3, -0.25) is 9.59 Å². The van der Waals surface area contributed by atoms with E-state index in [4.69, 9.17) is 27.9 Å². The molecule has 3 aromatic carbocycles. The Morgan fingerprint density at radius 2 is 1.67 bits per heavy atom. The number of benzene rings is 3. The first kappa shape index (κ1) is 22.6. The second-order valence-electron chi connectivity index (χ2n) is 7.17. The number of nitrogens with one attached hydrogen (secondary N) is 1. The molecule has 1 heterocycles. The summed E-state index contributed by atoms with van der Waals surface area (Å²) in [6.45, 7) is -0.194. The number of ether oxygens (including phenoxy) is 1. The van der Waals surface area contributed by atoms with E-state index in [1.54, 1.807) is 53.1 Å². The van der Waals surface area contributed by atoms with Crippen LogP contribution in [-0.4, -0.2) is 23.6 Å². The summed E-state index contributed by atoms with van der Waals surface area (Å²) in [5.41, 5.74) is 1.11. The Balaban J connectivity index is 1.93. The number of fused-ring (bicyclic) bond motifs is 1. The summed E-state index contributed by atoms with van der Waals surface area (Å²) in [4.78, 5) is 39.0. The molecule has 0 aliphatic rings. The summed E-state index contributed by atoms with van der Waals surface area (Å²) < 4.78 is 6.64. The van der Waals surface area contributed by atoms with Crippen molar-refractivity contribution < 1.29 is 14.3 Å². The standard InChI is InChI=1S/C25H18Cl2N2O4/c1-33-25(32)22-20(14-28-24(31)15-6-5-7-16(26)12-15)23(30)19-11-10-17(27)13-21(19)29(22)18-8-3-2-4-9-18/h2-13H,14H2,1H3,(H,28,31). The van der Waals surface area contributed by atoms with Gasteiger partial charge in [0.25, 0.3) is 5.91 Å². The molecule has 0 fully saturated rings. The predicted octanol–water partition coefficient (Wildman–Crippen LogP) is 5.01. The monoisotopic (exact) mass is 480 g/mol. The fourth-order valence-electron chi connectivity index (χ4n) is 3.63. The maximum absolute atomic E-state index is 13.4. The Morgan fingerprint density at radius 1 is 0.939 bits per heavy atom. The van der Waals surface area contributed by atoms with Crippen LogP contribution in [0.25, 0.3) is 16.6 Å². The van der Waals surface area contributed by atoms with Crippen LogP contribution in [0.3, 0.4) is 0 Å². The quantitative estimate of drug-likeness (QED) is 0.407. The highest BCUT2D eigenvalue weighted by molar-refractivity contribution is 6.31. The molecule has 8 heteroatoms. The third-order valence-electron chi connectivity index (χ3n) is 5.13. The molecule has 0 aliphatic heterocycles. The molecule has 0 saturated heterocycles. The molecule has 33 heavy (non-hydrogen) atoms. The molecule has 0 spiro atoms. The number of para-hydroxylation sites is 1. The number of methoxy groups -OCH3 is 1. The van der Waals surface area contributed by atoms with Crippen LogP contribution >= 0.6 is 23.2 Å². The summed E-state index contributed by atoms with van der Waals surface area (Å²) in [6, 6.07) is 20.3. The van der Waals surface area contributed by atoms with Crippen LogP contribution in [0.15, 0.2) is 77.6 Å². The van der Waals surface area contributed by atoms with Crippen LogP contribution < -0.4 is 10.7 Å². The zero-order valence-corrected chi connectivity index (χ0v) is 19.0. The molecule has 0 bridgehead atoms. The average Bonchev–Trinajstić information content (AvgIpc) is 2.83. The van der Waals surface area contributed by atoms with Gasteiger partial charge in [-0.25, -0.2) is 4.79 Å². The molecule has 1 N–H and O–H groups in total. The van der Waals surface area contributed by atoms with Gasteiger partial charge < -0.3 is 14.6 Å². The van der Waals surface area contributed by atoms with E-state index in [2.05, 4.69) is 5.32 Å². The second kappa shape index (κ2) is 9.48. The molecule has 4 rings (SSSR count). The average molecular weight is 481 g/mol. The third kappa shape index (κ3) is 4.49. The first-order valence-electron chi connectivity index (χ1n) is 9.95. The Hall–Kier alpha value is -3.61. The largest absolute Gasteiger partial charge is 0.464 e. The molecule has 0 radical (unpaired) electrons. The maximum Gasteiger partial charge on any atom is 0.355 e. The number of hydrogen-bond donors (Lipinski definition) is 1. The van der Waals surface area contributed by atoms with E-state index < -0.39 is 17.3 Å². The van der Waals surface area contributed by atoms with Crippen molar-refractivity contribution >= 4 is 46.0 Å². The Morgan fingerprint density at radius 3 is 2.36 bits per heavy atom. The summed E-state index contributed by atoms with van der Waals surface area (Å²) >= 11 is 12.2. The lowest BCUT2D eigenvalue weighted by Gasteiger charge is -2.20. The third-order valence-corrected chi connectivity index (χ3v) is 5.60. The zero-order chi connectivity index (χ0) is 23.5. The highest BCUT2D eigenvalue weighted by Crippen LogP contribution is 2.25. The van der Waals surface area contributed by atoms with Gasteiger partial charge in [-0.1, -0.05) is 47.5 Å². The van der Waals surface area contributed by atoms with Crippen LogP contribution in [0, 0.1) is 0 Å². The SMILES string of the molecule is COC(=O)c1c(CNC(=O)c2cccc(Cl)c2)c(=O)c2ccc(Cl)cc2n1-c1ccccc1. The number of hydrogen-bond acceptors (Lipinski definition) is 4. The van der Waals surface area contributed by atoms with Gasteiger partial charge in [0.15, 0.2) is 5.43 Å². The van der Waals surface area contributed by atoms with Gasteiger partial charge >= 0.3 is 5.97 Å². The summed E-state index contributed by atoms with van der Waals surface area (Å²) in [6.07, 6.45) is 0. The number of nitrogens with zero attached hydrogens (tertiary/aromatic N) is 1. The molecule has 1 amide bonds. The minimum absolute atomic E-state index is 0.00913. The molecular formula is C25H18Cl2N2O4. The van der Waals surface area contributed by atoms with Crippen molar-refractivity contribution in [2.45, 2.75) is 6.54 Å². The smallest absolute Gasteiger partial charge is 0.355 e. The Bertz CT molecular complexity index is 1430. The summed E-state index contributed by atoms with van der Waals surface area (Å²) in [5, 5.41) is 3.88. The molecule has 6 nitrogen and oxygen atoms in total. The van der Waals surface area contributed by atoms with Crippen molar-refractivity contribution in [3.8, 4) is 5.69 Å². The van der Waals surface area contributed by atoms with Gasteiger partial charge in [-0.05, 0) is 48.5 Å². The highest BCUT2D eigenvalue weighted by atomic mass is 35.5. The number of carbonyl (C=O) groups is 2. The molecule has 0 atom stereocenters. The molecular weight excluding hydrogens is 463 g/mol. The van der Waals surface area contributed by atoms with Gasteiger partial charge in [-0.2, -0.15) is 0 Å². The van der Waals surface area contributed by atoms with E-state index >= 15 is 0 Å². The highest BCUT2D eigenvalue weighted by Gasteiger charge is 2.24. The maximum atomic E-state index is 13.4. The lowest BCUT2D eigenvalue weighted by atomic mass is 10.1. The summed E-state index contributed by atoms with van der Waals surface area (Å²) in [5.74, 6) is -1.15.